The van der Waals surface area contributed by atoms with Gasteiger partial charge in [-0.15, -0.1) is 0 Å². The maximum Gasteiger partial charge on any atom is 0.273 e. The van der Waals surface area contributed by atoms with Gasteiger partial charge < -0.3 is 9.80 Å². The molecule has 1 amide bonds. The van der Waals surface area contributed by atoms with Crippen LogP contribution in [0.2, 0.25) is 5.02 Å². The molecule has 1 aliphatic heterocycles. The van der Waals surface area contributed by atoms with Crippen LogP contribution in [0.5, 0.6) is 0 Å². The molecule has 0 spiro atoms. The van der Waals surface area contributed by atoms with E-state index in [9.17, 15) is 14.9 Å². The van der Waals surface area contributed by atoms with Crippen LogP contribution < -0.4 is 4.90 Å². The van der Waals surface area contributed by atoms with Crippen LogP contribution in [0.3, 0.4) is 0 Å². The zero-order valence-corrected chi connectivity index (χ0v) is 20.9. The largest absolute Gasteiger partial charge is 0.354 e. The molecule has 9 heteroatoms. The SMILES string of the molecule is Cc1nc(C)c(Cc2ccc(Cl)cc2)c(N2CCCN(C(=O)c3ccc(C)c([N+](=O)[O-])c3)CC2)n1. The molecule has 1 aliphatic rings. The van der Waals surface area contributed by atoms with E-state index in [1.54, 1.807) is 24.0 Å². The Morgan fingerprint density at radius 2 is 1.77 bits per heavy atom. The summed E-state index contributed by atoms with van der Waals surface area (Å²) in [6.45, 7) is 8.01. The van der Waals surface area contributed by atoms with Crippen LogP contribution in [-0.4, -0.2) is 51.9 Å². The lowest BCUT2D eigenvalue weighted by molar-refractivity contribution is -0.385. The summed E-state index contributed by atoms with van der Waals surface area (Å²) in [5, 5.41) is 12.0. The zero-order valence-electron chi connectivity index (χ0n) is 20.1. The van der Waals surface area contributed by atoms with Gasteiger partial charge in [0.1, 0.15) is 11.6 Å². The van der Waals surface area contributed by atoms with Gasteiger partial charge in [-0.1, -0.05) is 29.8 Å². The number of hydrogen-bond acceptors (Lipinski definition) is 6. The van der Waals surface area contributed by atoms with Gasteiger partial charge in [-0.2, -0.15) is 0 Å². The van der Waals surface area contributed by atoms with Gasteiger partial charge >= 0.3 is 0 Å². The lowest BCUT2D eigenvalue weighted by Gasteiger charge is -2.26. The molecule has 182 valence electrons. The van der Waals surface area contributed by atoms with E-state index in [2.05, 4.69) is 9.88 Å². The van der Waals surface area contributed by atoms with Gasteiger partial charge in [0.25, 0.3) is 11.6 Å². The second-order valence-corrected chi connectivity index (χ2v) is 9.29. The number of aryl methyl sites for hydroxylation is 3. The number of benzene rings is 2. The van der Waals surface area contributed by atoms with Gasteiger partial charge in [0.15, 0.2) is 0 Å². The molecule has 35 heavy (non-hydrogen) atoms. The monoisotopic (exact) mass is 493 g/mol. The molecular formula is C26H28ClN5O3. The van der Waals surface area contributed by atoms with Crippen molar-refractivity contribution < 1.29 is 9.72 Å². The molecule has 0 N–H and O–H groups in total. The first-order valence-electron chi connectivity index (χ1n) is 11.6. The minimum Gasteiger partial charge on any atom is -0.354 e. The average molecular weight is 494 g/mol. The highest BCUT2D eigenvalue weighted by atomic mass is 35.5. The van der Waals surface area contributed by atoms with E-state index in [0.717, 1.165) is 35.6 Å². The van der Waals surface area contributed by atoms with Gasteiger partial charge in [0.2, 0.25) is 0 Å². The minimum absolute atomic E-state index is 0.0360. The van der Waals surface area contributed by atoms with Crippen molar-refractivity contribution in [3.05, 3.63) is 91.4 Å². The van der Waals surface area contributed by atoms with E-state index in [4.69, 9.17) is 16.6 Å². The van der Waals surface area contributed by atoms with Crippen molar-refractivity contribution in [2.45, 2.75) is 33.6 Å². The van der Waals surface area contributed by atoms with E-state index < -0.39 is 4.92 Å². The molecule has 0 atom stereocenters. The van der Waals surface area contributed by atoms with Crippen molar-refractivity contribution in [2.75, 3.05) is 31.1 Å². The van der Waals surface area contributed by atoms with Crippen LogP contribution in [0.15, 0.2) is 42.5 Å². The molecule has 1 saturated heterocycles. The van der Waals surface area contributed by atoms with E-state index >= 15 is 0 Å². The number of anilines is 1. The van der Waals surface area contributed by atoms with Gasteiger partial charge in [-0.05, 0) is 51.0 Å². The Balaban J connectivity index is 1.55. The number of aromatic nitrogens is 2. The molecule has 2 aromatic carbocycles. The maximum absolute atomic E-state index is 13.2. The van der Waals surface area contributed by atoms with Crippen molar-refractivity contribution in [1.82, 2.24) is 14.9 Å². The minimum atomic E-state index is -0.446. The number of carbonyl (C=O) groups excluding carboxylic acids is 1. The number of amides is 1. The Kier molecular flexibility index (Phi) is 7.31. The van der Waals surface area contributed by atoms with Crippen LogP contribution >= 0.6 is 11.6 Å². The highest BCUT2D eigenvalue weighted by Crippen LogP contribution is 2.26. The van der Waals surface area contributed by atoms with Crippen LogP contribution in [0.1, 0.15) is 45.0 Å². The molecule has 0 bridgehead atoms. The van der Waals surface area contributed by atoms with E-state index in [-0.39, 0.29) is 11.6 Å². The summed E-state index contributed by atoms with van der Waals surface area (Å²) in [7, 11) is 0. The van der Waals surface area contributed by atoms with Crippen molar-refractivity contribution >= 4 is 29.0 Å². The molecule has 0 radical (unpaired) electrons. The standard InChI is InChI=1S/C26H28ClN5O3/c1-17-5-8-21(16-24(17)32(34)35)26(33)31-12-4-11-30(13-14-31)25-23(18(2)28-19(3)29-25)15-20-6-9-22(27)10-7-20/h5-10,16H,4,11-15H2,1-3H3. The normalized spacial score (nSPS) is 14.1. The molecule has 3 aromatic rings. The Labute approximate surface area is 209 Å². The number of rotatable bonds is 5. The van der Waals surface area contributed by atoms with E-state index in [0.29, 0.717) is 48.0 Å². The van der Waals surface area contributed by atoms with Crippen LogP contribution in [-0.2, 0) is 6.42 Å². The molecule has 0 unspecified atom stereocenters. The van der Waals surface area contributed by atoms with Crippen LogP contribution in [0.4, 0.5) is 11.5 Å². The van der Waals surface area contributed by atoms with Gasteiger partial charge in [0.05, 0.1) is 4.92 Å². The summed E-state index contributed by atoms with van der Waals surface area (Å²) in [5.74, 6) is 1.41. The summed E-state index contributed by atoms with van der Waals surface area (Å²) in [6, 6.07) is 12.4. The summed E-state index contributed by atoms with van der Waals surface area (Å²) < 4.78 is 0. The summed E-state index contributed by atoms with van der Waals surface area (Å²) in [4.78, 5) is 37.4. The number of nitro benzene ring substituents is 1. The Hall–Kier alpha value is -3.52. The first-order chi connectivity index (χ1) is 16.7. The molecule has 1 aromatic heterocycles. The summed E-state index contributed by atoms with van der Waals surface area (Å²) in [5.41, 5.74) is 3.97. The number of nitro groups is 1. The quantitative estimate of drug-likeness (QED) is 0.370. The third-order valence-corrected chi connectivity index (χ3v) is 6.59. The third kappa shape index (κ3) is 5.59. The van der Waals surface area contributed by atoms with Crippen molar-refractivity contribution in [2.24, 2.45) is 0 Å². The lowest BCUT2D eigenvalue weighted by Crippen LogP contribution is -2.35. The fourth-order valence-corrected chi connectivity index (χ4v) is 4.57. The van der Waals surface area contributed by atoms with Gasteiger partial charge in [-0.3, -0.25) is 14.9 Å². The molecular weight excluding hydrogens is 466 g/mol. The number of halogens is 1. The maximum atomic E-state index is 13.2. The van der Waals surface area contributed by atoms with Crippen LogP contribution in [0.25, 0.3) is 0 Å². The van der Waals surface area contributed by atoms with Crippen molar-refractivity contribution in [1.29, 1.82) is 0 Å². The number of nitrogens with zero attached hydrogens (tertiary/aromatic N) is 5. The Morgan fingerprint density at radius 1 is 1.03 bits per heavy atom. The second kappa shape index (κ2) is 10.4. The highest BCUT2D eigenvalue weighted by molar-refractivity contribution is 6.30. The lowest BCUT2D eigenvalue weighted by atomic mass is 10.0. The van der Waals surface area contributed by atoms with E-state index in [1.165, 1.54) is 6.07 Å². The summed E-state index contributed by atoms with van der Waals surface area (Å²) >= 11 is 6.05. The molecule has 1 fully saturated rings. The topological polar surface area (TPSA) is 92.5 Å². The van der Waals surface area contributed by atoms with Gasteiger partial charge in [-0.25, -0.2) is 9.97 Å². The molecule has 2 heterocycles. The molecule has 8 nitrogen and oxygen atoms in total. The third-order valence-electron chi connectivity index (χ3n) is 6.33. The predicted octanol–water partition coefficient (Wildman–Crippen LogP) is 4.91. The summed E-state index contributed by atoms with van der Waals surface area (Å²) in [6.07, 6.45) is 1.45. The van der Waals surface area contributed by atoms with Crippen molar-refractivity contribution in [3.63, 3.8) is 0 Å². The highest BCUT2D eigenvalue weighted by Gasteiger charge is 2.25. The Bertz CT molecular complexity index is 1260. The van der Waals surface area contributed by atoms with E-state index in [1.807, 2.05) is 38.1 Å². The fourth-order valence-electron chi connectivity index (χ4n) is 4.45. The first kappa shape index (κ1) is 24.6. The number of hydrogen-bond donors (Lipinski definition) is 0. The average Bonchev–Trinajstić information content (AvgIpc) is 3.08. The first-order valence-corrected chi connectivity index (χ1v) is 12.0. The Morgan fingerprint density at radius 3 is 2.49 bits per heavy atom. The molecule has 0 aliphatic carbocycles. The fraction of sp³-hybridized carbons (Fsp3) is 0.346. The van der Waals surface area contributed by atoms with Crippen LogP contribution in [0, 0.1) is 30.9 Å². The zero-order chi connectivity index (χ0) is 25.1. The predicted molar refractivity (Wildman–Crippen MR) is 136 cm³/mol. The van der Waals surface area contributed by atoms with Crippen molar-refractivity contribution in [3.8, 4) is 0 Å². The number of carbonyl (C=O) groups is 1. The smallest absolute Gasteiger partial charge is 0.273 e. The second-order valence-electron chi connectivity index (χ2n) is 8.85. The van der Waals surface area contributed by atoms with Gasteiger partial charge in [0, 0.05) is 66.1 Å². The molecule has 4 rings (SSSR count). The molecule has 0 saturated carbocycles.